The van der Waals surface area contributed by atoms with Crippen LogP contribution < -0.4 is 15.4 Å². The fourth-order valence-electron chi connectivity index (χ4n) is 2.79. The number of halogens is 1. The molecule has 24 heavy (non-hydrogen) atoms. The van der Waals surface area contributed by atoms with Crippen LogP contribution in [0.3, 0.4) is 0 Å². The summed E-state index contributed by atoms with van der Waals surface area (Å²) < 4.78 is 7.67. The monoisotopic (exact) mass is 347 g/mol. The summed E-state index contributed by atoms with van der Waals surface area (Å²) in [6, 6.07) is 0. The Kier molecular flexibility index (Phi) is 3.99. The number of hydrogen-bond acceptors (Lipinski definition) is 6. The second-order valence-corrected chi connectivity index (χ2v) is 6.32. The summed E-state index contributed by atoms with van der Waals surface area (Å²) in [4.78, 5) is 12.0. The van der Waals surface area contributed by atoms with Gasteiger partial charge in [0, 0.05) is 31.9 Å². The number of H-pyrrole nitrogens is 1. The smallest absolute Gasteiger partial charge is 0.232 e. The molecule has 1 saturated heterocycles. The van der Waals surface area contributed by atoms with Gasteiger partial charge in [-0.25, -0.2) is 0 Å². The predicted molar refractivity (Wildman–Crippen MR) is 91.9 cm³/mol. The first-order chi connectivity index (χ1) is 11.7. The highest BCUT2D eigenvalue weighted by molar-refractivity contribution is 6.35. The van der Waals surface area contributed by atoms with Gasteiger partial charge in [0.2, 0.25) is 11.8 Å². The highest BCUT2D eigenvalue weighted by Crippen LogP contribution is 2.31. The van der Waals surface area contributed by atoms with Crippen molar-refractivity contribution in [1.82, 2.24) is 30.0 Å². The van der Waals surface area contributed by atoms with Crippen molar-refractivity contribution < 1.29 is 4.74 Å². The lowest BCUT2D eigenvalue weighted by Crippen LogP contribution is -2.16. The molecule has 0 spiro atoms. The summed E-state index contributed by atoms with van der Waals surface area (Å²) in [6.07, 6.45) is 6.36. The minimum atomic E-state index is 0.438. The molecule has 9 heteroatoms. The first kappa shape index (κ1) is 15.2. The van der Waals surface area contributed by atoms with Gasteiger partial charge in [-0.15, -0.1) is 0 Å². The van der Waals surface area contributed by atoms with E-state index < -0.39 is 0 Å². The van der Waals surface area contributed by atoms with Gasteiger partial charge >= 0.3 is 0 Å². The van der Waals surface area contributed by atoms with E-state index in [0.29, 0.717) is 40.4 Å². The van der Waals surface area contributed by atoms with E-state index in [1.165, 1.54) is 0 Å². The number of aromatic amines is 1. The molecule has 3 N–H and O–H groups in total. The Hall–Kier alpha value is -2.32. The fraction of sp³-hybridized carbons (Fsp3) is 0.400. The lowest BCUT2D eigenvalue weighted by molar-refractivity contribution is 0.254. The van der Waals surface area contributed by atoms with E-state index in [1.807, 2.05) is 13.2 Å². The van der Waals surface area contributed by atoms with Gasteiger partial charge in [0.25, 0.3) is 0 Å². The molecule has 8 nitrogen and oxygen atoms in total. The van der Waals surface area contributed by atoms with E-state index in [4.69, 9.17) is 16.3 Å². The molecule has 0 aliphatic carbocycles. The van der Waals surface area contributed by atoms with E-state index in [2.05, 4.69) is 30.7 Å². The second-order valence-electron chi connectivity index (χ2n) is 5.91. The molecule has 1 aliphatic heterocycles. The number of aromatic nitrogens is 5. The molecular weight excluding hydrogens is 330 g/mol. The summed E-state index contributed by atoms with van der Waals surface area (Å²) in [6.45, 7) is 2.61. The normalized spacial score (nSPS) is 17.5. The predicted octanol–water partition coefficient (Wildman–Crippen LogP) is 2.08. The molecule has 0 saturated carbocycles. The molecule has 1 fully saturated rings. The van der Waals surface area contributed by atoms with E-state index in [1.54, 1.807) is 17.1 Å². The summed E-state index contributed by atoms with van der Waals surface area (Å²) >= 11 is 6.25. The molecule has 1 aliphatic rings. The van der Waals surface area contributed by atoms with Crippen molar-refractivity contribution in [2.45, 2.75) is 6.42 Å². The van der Waals surface area contributed by atoms with Crippen LogP contribution in [0, 0.1) is 5.92 Å². The van der Waals surface area contributed by atoms with Gasteiger partial charge in [-0.05, 0) is 13.0 Å². The molecule has 3 aromatic heterocycles. The number of anilines is 2. The number of rotatable bonds is 5. The van der Waals surface area contributed by atoms with Crippen LogP contribution in [-0.4, -0.2) is 44.4 Å². The van der Waals surface area contributed by atoms with Gasteiger partial charge in [0.1, 0.15) is 5.65 Å². The third-order valence-electron chi connectivity index (χ3n) is 4.03. The molecule has 4 rings (SSSR count). The Morgan fingerprint density at radius 1 is 1.46 bits per heavy atom. The number of fused-ring (bicyclic) bond motifs is 1. The molecule has 0 bridgehead atoms. The maximum Gasteiger partial charge on any atom is 0.232 e. The standard InChI is InChI=1S/C15H18ClN7O/c1-23-7-10(5-19-23)20-15-21-13-12(11(16)6-18-13)14(22-15)24-8-9-2-3-17-4-9/h5-7,9,17H,2-4,8H2,1H3,(H2,18,20,21,22)/t9-/m1/s1. The minimum Gasteiger partial charge on any atom is -0.477 e. The highest BCUT2D eigenvalue weighted by Gasteiger charge is 2.19. The SMILES string of the molecule is Cn1cc(Nc2nc(OC[C@@H]3CCNC3)c3c(Cl)c[nH]c3n2)cn1. The van der Waals surface area contributed by atoms with Crippen molar-refractivity contribution in [2.75, 3.05) is 25.0 Å². The zero-order valence-electron chi connectivity index (χ0n) is 13.2. The number of hydrogen-bond donors (Lipinski definition) is 3. The average Bonchev–Trinajstić information content (AvgIpc) is 3.28. The lowest BCUT2D eigenvalue weighted by atomic mass is 10.1. The summed E-state index contributed by atoms with van der Waals surface area (Å²) in [7, 11) is 1.85. The fourth-order valence-corrected chi connectivity index (χ4v) is 3.02. The summed E-state index contributed by atoms with van der Waals surface area (Å²) in [5, 5.41) is 11.8. The zero-order valence-corrected chi connectivity index (χ0v) is 14.0. The molecule has 0 unspecified atom stereocenters. The third-order valence-corrected chi connectivity index (χ3v) is 4.33. The number of nitrogens with one attached hydrogen (secondary N) is 3. The van der Waals surface area contributed by atoms with Crippen molar-refractivity contribution in [1.29, 1.82) is 0 Å². The zero-order chi connectivity index (χ0) is 16.5. The first-order valence-electron chi connectivity index (χ1n) is 7.83. The van der Waals surface area contributed by atoms with Crippen molar-refractivity contribution in [3.63, 3.8) is 0 Å². The Balaban J connectivity index is 1.62. The average molecular weight is 348 g/mol. The van der Waals surface area contributed by atoms with Gasteiger partial charge in [-0.1, -0.05) is 11.6 Å². The molecule has 4 heterocycles. The molecular formula is C15H18ClN7O. The largest absolute Gasteiger partial charge is 0.477 e. The van der Waals surface area contributed by atoms with Gasteiger partial charge in [0.05, 0.1) is 28.9 Å². The van der Waals surface area contributed by atoms with E-state index in [9.17, 15) is 0 Å². The second kappa shape index (κ2) is 6.29. The molecule has 126 valence electrons. The maximum atomic E-state index is 6.25. The number of aryl methyl sites for hydroxylation is 1. The molecule has 0 radical (unpaired) electrons. The van der Waals surface area contributed by atoms with Crippen LogP contribution in [0.25, 0.3) is 11.0 Å². The quantitative estimate of drug-likeness (QED) is 0.654. The van der Waals surface area contributed by atoms with E-state index >= 15 is 0 Å². The van der Waals surface area contributed by atoms with E-state index in [0.717, 1.165) is 25.2 Å². The number of nitrogens with zero attached hydrogens (tertiary/aromatic N) is 4. The Labute approximate surface area is 143 Å². The van der Waals surface area contributed by atoms with Crippen LogP contribution in [0.2, 0.25) is 5.02 Å². The van der Waals surface area contributed by atoms with Crippen LogP contribution in [0.4, 0.5) is 11.6 Å². The Morgan fingerprint density at radius 2 is 2.38 bits per heavy atom. The lowest BCUT2D eigenvalue weighted by Gasteiger charge is -2.12. The van der Waals surface area contributed by atoms with Gasteiger partial charge in [-0.2, -0.15) is 15.1 Å². The molecule has 0 aromatic carbocycles. The molecule has 0 amide bonds. The van der Waals surface area contributed by atoms with E-state index in [-0.39, 0.29) is 0 Å². The first-order valence-corrected chi connectivity index (χ1v) is 8.20. The third kappa shape index (κ3) is 3.02. The Morgan fingerprint density at radius 3 is 3.12 bits per heavy atom. The molecule has 3 aromatic rings. The van der Waals surface area contributed by atoms with Crippen LogP contribution in [0.5, 0.6) is 5.88 Å². The van der Waals surface area contributed by atoms with Crippen molar-refractivity contribution >= 4 is 34.3 Å². The number of ether oxygens (including phenoxy) is 1. The molecule has 1 atom stereocenters. The minimum absolute atomic E-state index is 0.438. The maximum absolute atomic E-state index is 6.25. The summed E-state index contributed by atoms with van der Waals surface area (Å²) in [5.74, 6) is 1.42. The van der Waals surface area contributed by atoms with Crippen LogP contribution in [0.15, 0.2) is 18.6 Å². The van der Waals surface area contributed by atoms with Crippen molar-refractivity contribution in [2.24, 2.45) is 13.0 Å². The van der Waals surface area contributed by atoms with Crippen LogP contribution >= 0.6 is 11.6 Å². The van der Waals surface area contributed by atoms with Gasteiger partial charge in [0.15, 0.2) is 0 Å². The highest BCUT2D eigenvalue weighted by atomic mass is 35.5. The van der Waals surface area contributed by atoms with Crippen molar-refractivity contribution in [3.05, 3.63) is 23.6 Å². The van der Waals surface area contributed by atoms with Gasteiger partial charge < -0.3 is 20.4 Å². The van der Waals surface area contributed by atoms with Crippen LogP contribution in [0.1, 0.15) is 6.42 Å². The van der Waals surface area contributed by atoms with Crippen molar-refractivity contribution in [3.8, 4) is 5.88 Å². The summed E-state index contributed by atoms with van der Waals surface area (Å²) in [5.41, 5.74) is 1.45. The van der Waals surface area contributed by atoms with Crippen LogP contribution in [-0.2, 0) is 7.05 Å². The topological polar surface area (TPSA) is 92.7 Å². The Bertz CT molecular complexity index is 853. The van der Waals surface area contributed by atoms with Gasteiger partial charge in [-0.3, -0.25) is 4.68 Å².